The van der Waals surface area contributed by atoms with E-state index in [1.165, 1.54) is 6.07 Å². The number of halogens is 3. The van der Waals surface area contributed by atoms with Crippen LogP contribution < -0.4 is 10.6 Å². The summed E-state index contributed by atoms with van der Waals surface area (Å²) in [6, 6.07) is 4.53. The summed E-state index contributed by atoms with van der Waals surface area (Å²) in [6.45, 7) is 1.24. The Morgan fingerprint density at radius 2 is 1.79 bits per heavy atom. The van der Waals surface area contributed by atoms with Crippen LogP contribution in [0.5, 0.6) is 0 Å². The quantitative estimate of drug-likeness (QED) is 0.598. The van der Waals surface area contributed by atoms with Gasteiger partial charge in [-0.25, -0.2) is 13.2 Å². The minimum Gasteiger partial charge on any atom is -0.385 e. The van der Waals surface area contributed by atoms with Crippen molar-refractivity contribution in [2.45, 2.75) is 6.42 Å². The van der Waals surface area contributed by atoms with Gasteiger partial charge in [0.15, 0.2) is 23.3 Å². The molecule has 0 atom stereocenters. The van der Waals surface area contributed by atoms with Crippen molar-refractivity contribution < 1.29 is 22.7 Å². The first-order chi connectivity index (χ1) is 11.5. The maximum atomic E-state index is 13.5. The summed E-state index contributed by atoms with van der Waals surface area (Å²) in [5, 5.41) is 12.8. The Bertz CT molecular complexity index is 711. The van der Waals surface area contributed by atoms with Crippen LogP contribution in [0.4, 0.5) is 24.8 Å². The highest BCUT2D eigenvalue weighted by molar-refractivity contribution is 6.03. The summed E-state index contributed by atoms with van der Waals surface area (Å²) >= 11 is 0. The van der Waals surface area contributed by atoms with Crippen molar-refractivity contribution in [1.29, 1.82) is 0 Å². The van der Waals surface area contributed by atoms with Crippen LogP contribution in [0.15, 0.2) is 24.3 Å². The van der Waals surface area contributed by atoms with E-state index in [1.54, 1.807) is 13.2 Å². The average molecular weight is 340 g/mol. The SMILES string of the molecule is COCCCNc1ccc(NC(=O)c2ccc(F)c(F)c2F)nn1. The molecule has 0 fully saturated rings. The minimum atomic E-state index is -1.70. The normalized spacial score (nSPS) is 10.5. The van der Waals surface area contributed by atoms with Crippen molar-refractivity contribution in [2.24, 2.45) is 0 Å². The van der Waals surface area contributed by atoms with Gasteiger partial charge in [-0.2, -0.15) is 0 Å². The number of carbonyl (C=O) groups excluding carboxylic acids is 1. The fraction of sp³-hybridized carbons (Fsp3) is 0.267. The molecule has 2 rings (SSSR count). The van der Waals surface area contributed by atoms with Gasteiger partial charge in [-0.05, 0) is 30.7 Å². The van der Waals surface area contributed by atoms with Crippen LogP contribution in [0, 0.1) is 17.5 Å². The number of methoxy groups -OCH3 is 1. The van der Waals surface area contributed by atoms with Crippen molar-refractivity contribution in [3.8, 4) is 0 Å². The molecular formula is C15H15F3N4O2. The molecule has 1 aromatic carbocycles. The van der Waals surface area contributed by atoms with Gasteiger partial charge in [-0.15, -0.1) is 10.2 Å². The highest BCUT2D eigenvalue weighted by Crippen LogP contribution is 2.16. The van der Waals surface area contributed by atoms with Crippen molar-refractivity contribution in [3.05, 3.63) is 47.3 Å². The standard InChI is InChI=1S/C15H15F3N4O2/c1-24-8-2-7-19-11-5-6-12(22-21-11)20-15(23)9-3-4-10(16)14(18)13(9)17/h3-6H,2,7-8H2,1H3,(H,19,21)(H,20,22,23). The predicted octanol–water partition coefficient (Wildman–Crippen LogP) is 2.59. The zero-order valence-electron chi connectivity index (χ0n) is 12.8. The second-order valence-corrected chi connectivity index (χ2v) is 4.75. The molecule has 1 heterocycles. The third-order valence-corrected chi connectivity index (χ3v) is 3.02. The van der Waals surface area contributed by atoms with Crippen molar-refractivity contribution in [1.82, 2.24) is 10.2 Å². The summed E-state index contributed by atoms with van der Waals surface area (Å²) in [5.41, 5.74) is -0.627. The monoisotopic (exact) mass is 340 g/mol. The van der Waals surface area contributed by atoms with E-state index in [2.05, 4.69) is 20.8 Å². The first-order valence-corrected chi connectivity index (χ1v) is 7.04. The van der Waals surface area contributed by atoms with Crippen LogP contribution in [-0.4, -0.2) is 36.4 Å². The Morgan fingerprint density at radius 3 is 2.46 bits per heavy atom. The van der Waals surface area contributed by atoms with E-state index < -0.39 is 28.9 Å². The summed E-state index contributed by atoms with van der Waals surface area (Å²) in [7, 11) is 1.60. The first-order valence-electron chi connectivity index (χ1n) is 7.04. The predicted molar refractivity (Wildman–Crippen MR) is 81.3 cm³/mol. The number of aromatic nitrogens is 2. The third-order valence-electron chi connectivity index (χ3n) is 3.02. The Labute approximate surface area is 136 Å². The summed E-state index contributed by atoms with van der Waals surface area (Å²) in [5.74, 6) is -5.05. The van der Waals surface area contributed by atoms with Gasteiger partial charge in [-0.3, -0.25) is 4.79 Å². The van der Waals surface area contributed by atoms with Gasteiger partial charge in [0.2, 0.25) is 0 Å². The number of nitrogens with one attached hydrogen (secondary N) is 2. The van der Waals surface area contributed by atoms with Crippen LogP contribution in [0.1, 0.15) is 16.8 Å². The van der Waals surface area contributed by atoms with Crippen molar-refractivity contribution in [3.63, 3.8) is 0 Å². The van der Waals surface area contributed by atoms with Crippen molar-refractivity contribution in [2.75, 3.05) is 30.9 Å². The van der Waals surface area contributed by atoms with Crippen LogP contribution in [0.25, 0.3) is 0 Å². The molecule has 2 N–H and O–H groups in total. The molecule has 128 valence electrons. The number of nitrogens with zero attached hydrogens (tertiary/aromatic N) is 2. The Hall–Kier alpha value is -2.68. The minimum absolute atomic E-state index is 0.0478. The highest BCUT2D eigenvalue weighted by Gasteiger charge is 2.19. The van der Waals surface area contributed by atoms with Crippen LogP contribution >= 0.6 is 0 Å². The Kier molecular flexibility index (Phi) is 6.07. The van der Waals surface area contributed by atoms with Crippen LogP contribution in [-0.2, 0) is 4.74 Å². The molecule has 0 aliphatic heterocycles. The fourth-order valence-electron chi connectivity index (χ4n) is 1.81. The molecule has 0 bridgehead atoms. The molecule has 6 nitrogen and oxygen atoms in total. The zero-order chi connectivity index (χ0) is 17.5. The molecule has 1 aromatic heterocycles. The van der Waals surface area contributed by atoms with E-state index in [0.717, 1.165) is 12.5 Å². The van der Waals surface area contributed by atoms with Crippen LogP contribution in [0.3, 0.4) is 0 Å². The van der Waals surface area contributed by atoms with Gasteiger partial charge in [0.05, 0.1) is 5.56 Å². The van der Waals surface area contributed by atoms with Crippen LogP contribution in [0.2, 0.25) is 0 Å². The number of ether oxygens (including phenoxy) is 1. The van der Waals surface area contributed by atoms with E-state index in [0.29, 0.717) is 25.0 Å². The third kappa shape index (κ3) is 4.42. The molecule has 0 saturated carbocycles. The fourth-order valence-corrected chi connectivity index (χ4v) is 1.81. The second-order valence-electron chi connectivity index (χ2n) is 4.75. The lowest BCUT2D eigenvalue weighted by atomic mass is 10.2. The summed E-state index contributed by atoms with van der Waals surface area (Å²) in [4.78, 5) is 11.9. The number of amides is 1. The van der Waals surface area contributed by atoms with E-state index in [1.807, 2.05) is 0 Å². The lowest BCUT2D eigenvalue weighted by Gasteiger charge is -2.07. The summed E-state index contributed by atoms with van der Waals surface area (Å²) < 4.78 is 44.5. The number of hydrogen-bond acceptors (Lipinski definition) is 5. The molecule has 0 unspecified atom stereocenters. The van der Waals surface area contributed by atoms with Gasteiger partial charge in [0.1, 0.15) is 5.82 Å². The van der Waals surface area contributed by atoms with Gasteiger partial charge in [0, 0.05) is 20.3 Å². The average Bonchev–Trinajstić information content (AvgIpc) is 2.58. The van der Waals surface area contributed by atoms with E-state index in [9.17, 15) is 18.0 Å². The molecule has 24 heavy (non-hydrogen) atoms. The summed E-state index contributed by atoms with van der Waals surface area (Å²) in [6.07, 6.45) is 0.784. The number of carbonyl (C=O) groups is 1. The van der Waals surface area contributed by atoms with E-state index in [4.69, 9.17) is 4.74 Å². The van der Waals surface area contributed by atoms with E-state index in [-0.39, 0.29) is 5.82 Å². The molecule has 1 amide bonds. The zero-order valence-corrected chi connectivity index (χ0v) is 12.8. The van der Waals surface area contributed by atoms with Gasteiger partial charge >= 0.3 is 0 Å². The lowest BCUT2D eigenvalue weighted by Crippen LogP contribution is -2.16. The highest BCUT2D eigenvalue weighted by atomic mass is 19.2. The smallest absolute Gasteiger partial charge is 0.259 e. The molecule has 9 heteroatoms. The van der Waals surface area contributed by atoms with Crippen molar-refractivity contribution >= 4 is 17.5 Å². The molecule has 0 saturated heterocycles. The van der Waals surface area contributed by atoms with Gasteiger partial charge < -0.3 is 15.4 Å². The molecular weight excluding hydrogens is 325 g/mol. The molecule has 0 aliphatic carbocycles. The Balaban J connectivity index is 1.98. The number of rotatable bonds is 7. The molecule has 0 aliphatic rings. The van der Waals surface area contributed by atoms with E-state index >= 15 is 0 Å². The van der Waals surface area contributed by atoms with Gasteiger partial charge in [0.25, 0.3) is 5.91 Å². The number of benzene rings is 1. The topological polar surface area (TPSA) is 76.1 Å². The lowest BCUT2D eigenvalue weighted by molar-refractivity contribution is 0.102. The van der Waals surface area contributed by atoms with Gasteiger partial charge in [-0.1, -0.05) is 0 Å². The first kappa shape index (κ1) is 17.7. The molecule has 0 spiro atoms. The second kappa shape index (κ2) is 8.25. The maximum Gasteiger partial charge on any atom is 0.259 e. The number of anilines is 2. The molecule has 2 aromatic rings. The molecule has 0 radical (unpaired) electrons. The Morgan fingerprint density at radius 1 is 1.08 bits per heavy atom. The number of hydrogen-bond donors (Lipinski definition) is 2. The largest absolute Gasteiger partial charge is 0.385 e. The maximum absolute atomic E-state index is 13.5.